The van der Waals surface area contributed by atoms with Crippen LogP contribution in [0, 0.1) is 0 Å². The van der Waals surface area contributed by atoms with Gasteiger partial charge in [0.2, 0.25) is 0 Å². The van der Waals surface area contributed by atoms with Crippen molar-refractivity contribution in [1.82, 2.24) is 0 Å². The van der Waals surface area contributed by atoms with Gasteiger partial charge in [-0.3, -0.25) is 0 Å². The average molecular weight is 125 g/mol. The van der Waals surface area contributed by atoms with Gasteiger partial charge in [0, 0.05) is 5.54 Å². The van der Waals surface area contributed by atoms with Crippen LogP contribution >= 0.6 is 0 Å². The zero-order chi connectivity index (χ0) is 7.33. The molecule has 2 N–H and O–H groups in total. The maximum Gasteiger partial charge on any atom is 0.0100 e. The lowest BCUT2D eigenvalue weighted by Crippen LogP contribution is -2.31. The molecule has 0 spiro atoms. The van der Waals surface area contributed by atoms with Crippen molar-refractivity contribution in [2.24, 2.45) is 5.73 Å². The molecule has 0 fully saturated rings. The van der Waals surface area contributed by atoms with Crippen molar-refractivity contribution in [2.75, 3.05) is 0 Å². The monoisotopic (exact) mass is 125 g/mol. The van der Waals surface area contributed by atoms with E-state index in [2.05, 4.69) is 12.3 Å². The van der Waals surface area contributed by atoms with E-state index in [1.54, 1.807) is 0 Å². The topological polar surface area (TPSA) is 26.0 Å². The second kappa shape index (κ2) is 3.49. The first-order valence-electron chi connectivity index (χ1n) is 3.19. The summed E-state index contributed by atoms with van der Waals surface area (Å²) in [6.45, 7) is 7.49. The summed E-state index contributed by atoms with van der Waals surface area (Å²) >= 11 is 0. The minimum absolute atomic E-state index is 0.0483. The third-order valence-corrected chi connectivity index (χ3v) is 1.08. The second-order valence-electron chi connectivity index (χ2n) is 2.94. The molecule has 0 bridgehead atoms. The Bertz CT molecular complexity index is 113. The summed E-state index contributed by atoms with van der Waals surface area (Å²) in [5.74, 6) is 0. The van der Waals surface area contributed by atoms with E-state index in [1.165, 1.54) is 0 Å². The van der Waals surface area contributed by atoms with Crippen LogP contribution in [0.1, 0.15) is 26.7 Å². The van der Waals surface area contributed by atoms with Gasteiger partial charge in [-0.25, -0.2) is 0 Å². The maximum absolute atomic E-state index is 5.71. The third kappa shape index (κ3) is 7.48. The van der Waals surface area contributed by atoms with Crippen LogP contribution < -0.4 is 5.73 Å². The van der Waals surface area contributed by atoms with Gasteiger partial charge in [0.15, 0.2) is 0 Å². The molecule has 0 aliphatic carbocycles. The molecule has 0 aromatic carbocycles. The molecule has 0 heterocycles. The van der Waals surface area contributed by atoms with E-state index in [0.717, 1.165) is 12.8 Å². The van der Waals surface area contributed by atoms with E-state index in [-0.39, 0.29) is 5.54 Å². The van der Waals surface area contributed by atoms with Crippen LogP contribution in [0.4, 0.5) is 0 Å². The highest BCUT2D eigenvalue weighted by Gasteiger charge is 2.07. The van der Waals surface area contributed by atoms with Crippen LogP contribution in [-0.2, 0) is 0 Å². The van der Waals surface area contributed by atoms with Crippen molar-refractivity contribution in [3.63, 3.8) is 0 Å². The molecule has 0 aromatic rings. The lowest BCUT2D eigenvalue weighted by Gasteiger charge is -2.15. The first-order valence-corrected chi connectivity index (χ1v) is 3.19. The number of nitrogens with two attached hydrogens (primary N) is 1. The second-order valence-corrected chi connectivity index (χ2v) is 2.94. The van der Waals surface area contributed by atoms with Crippen LogP contribution in [0.2, 0.25) is 0 Å². The van der Waals surface area contributed by atoms with Crippen LogP contribution in [0.3, 0.4) is 0 Å². The van der Waals surface area contributed by atoms with Crippen molar-refractivity contribution in [1.29, 1.82) is 0 Å². The Morgan fingerprint density at radius 2 is 2.22 bits per heavy atom. The predicted molar refractivity (Wildman–Crippen MR) is 41.2 cm³/mol. The highest BCUT2D eigenvalue weighted by atomic mass is 14.7. The smallest absolute Gasteiger partial charge is 0.0100 e. The van der Waals surface area contributed by atoms with Crippen LogP contribution in [0.5, 0.6) is 0 Å². The lowest BCUT2D eigenvalue weighted by molar-refractivity contribution is 0.481. The number of hydrogen-bond acceptors (Lipinski definition) is 1. The van der Waals surface area contributed by atoms with Crippen molar-refractivity contribution in [2.45, 2.75) is 32.2 Å². The van der Waals surface area contributed by atoms with Gasteiger partial charge in [-0.05, 0) is 32.8 Å². The largest absolute Gasteiger partial charge is 0.326 e. The Labute approximate surface area is 57.3 Å². The van der Waals surface area contributed by atoms with E-state index < -0.39 is 0 Å². The van der Waals surface area contributed by atoms with E-state index in [1.807, 2.05) is 19.9 Å². The van der Waals surface area contributed by atoms with Gasteiger partial charge in [0.25, 0.3) is 0 Å². The van der Waals surface area contributed by atoms with Gasteiger partial charge in [-0.1, -0.05) is 6.58 Å². The quantitative estimate of drug-likeness (QED) is 0.572. The van der Waals surface area contributed by atoms with Crippen molar-refractivity contribution in [3.8, 4) is 0 Å². The molecule has 0 aliphatic rings. The molecule has 0 rings (SSSR count). The molecule has 0 unspecified atom stereocenters. The lowest BCUT2D eigenvalue weighted by atomic mass is 10.0. The Hall–Kier alpha value is -0.520. The standard InChI is InChI=1S/C8H15N/c1-4-5-6-7-8(2,3)9/h5H,1,6-7,9H2,2-3H3. The Kier molecular flexibility index (Phi) is 3.29. The van der Waals surface area contributed by atoms with Gasteiger partial charge in [0.1, 0.15) is 0 Å². The molecule has 1 nitrogen and oxygen atoms in total. The van der Waals surface area contributed by atoms with E-state index in [4.69, 9.17) is 5.73 Å². The van der Waals surface area contributed by atoms with E-state index >= 15 is 0 Å². The third-order valence-electron chi connectivity index (χ3n) is 1.08. The molecular formula is C8H15N. The normalized spacial score (nSPS) is 10.6. The first-order chi connectivity index (χ1) is 4.06. The SMILES string of the molecule is C=C=CCCC(C)(C)N. The molecule has 1 heteroatoms. The summed E-state index contributed by atoms with van der Waals surface area (Å²) in [6.07, 6.45) is 3.89. The summed E-state index contributed by atoms with van der Waals surface area (Å²) in [7, 11) is 0. The molecule has 0 radical (unpaired) electrons. The summed E-state index contributed by atoms with van der Waals surface area (Å²) in [6, 6.07) is 0. The van der Waals surface area contributed by atoms with Crippen molar-refractivity contribution >= 4 is 0 Å². The Morgan fingerprint density at radius 1 is 1.67 bits per heavy atom. The van der Waals surface area contributed by atoms with E-state index in [9.17, 15) is 0 Å². The maximum atomic E-state index is 5.71. The molecular weight excluding hydrogens is 110 g/mol. The molecule has 0 aliphatic heterocycles. The molecule has 0 saturated heterocycles. The average Bonchev–Trinajstić information content (AvgIpc) is 1.63. The van der Waals surface area contributed by atoms with Crippen molar-refractivity contribution < 1.29 is 0 Å². The van der Waals surface area contributed by atoms with Crippen molar-refractivity contribution in [3.05, 3.63) is 18.4 Å². The Balaban J connectivity index is 3.39. The fourth-order valence-electron chi connectivity index (χ4n) is 0.546. The molecule has 0 aromatic heterocycles. The minimum Gasteiger partial charge on any atom is -0.326 e. The fourth-order valence-corrected chi connectivity index (χ4v) is 0.546. The molecule has 0 amide bonds. The predicted octanol–water partition coefficient (Wildman–Crippen LogP) is 1.84. The number of allylic oxidation sites excluding steroid dienone is 1. The molecule has 0 atom stereocenters. The summed E-state index contributed by atoms with van der Waals surface area (Å²) in [5.41, 5.74) is 8.37. The van der Waals surface area contributed by atoms with Gasteiger partial charge in [0.05, 0.1) is 0 Å². The minimum atomic E-state index is -0.0483. The highest BCUT2D eigenvalue weighted by Crippen LogP contribution is 2.06. The highest BCUT2D eigenvalue weighted by molar-refractivity contribution is 4.81. The Morgan fingerprint density at radius 3 is 2.56 bits per heavy atom. The fraction of sp³-hybridized carbons (Fsp3) is 0.625. The van der Waals surface area contributed by atoms with Gasteiger partial charge in [-0.15, -0.1) is 5.73 Å². The molecule has 52 valence electrons. The van der Waals surface area contributed by atoms with Crippen LogP contribution in [0.15, 0.2) is 18.4 Å². The summed E-state index contributed by atoms with van der Waals surface area (Å²) < 4.78 is 0. The van der Waals surface area contributed by atoms with Crippen LogP contribution in [-0.4, -0.2) is 5.54 Å². The molecule has 0 saturated carbocycles. The van der Waals surface area contributed by atoms with Gasteiger partial charge < -0.3 is 5.73 Å². The van der Waals surface area contributed by atoms with E-state index in [0.29, 0.717) is 0 Å². The first kappa shape index (κ1) is 8.48. The molecule has 9 heavy (non-hydrogen) atoms. The summed E-state index contributed by atoms with van der Waals surface area (Å²) in [5, 5.41) is 0. The zero-order valence-electron chi connectivity index (χ0n) is 6.28. The number of hydrogen-bond donors (Lipinski definition) is 1. The number of rotatable bonds is 3. The van der Waals surface area contributed by atoms with Crippen LogP contribution in [0.25, 0.3) is 0 Å². The summed E-state index contributed by atoms with van der Waals surface area (Å²) in [4.78, 5) is 0. The van der Waals surface area contributed by atoms with Gasteiger partial charge in [-0.2, -0.15) is 0 Å². The van der Waals surface area contributed by atoms with Gasteiger partial charge >= 0.3 is 0 Å². The zero-order valence-corrected chi connectivity index (χ0v) is 6.28.